The second-order valence-corrected chi connectivity index (χ2v) is 8.98. The Morgan fingerprint density at radius 1 is 1.09 bits per heavy atom. The van der Waals surface area contributed by atoms with Crippen molar-refractivity contribution in [2.45, 2.75) is 38.0 Å². The summed E-state index contributed by atoms with van der Waals surface area (Å²) in [5.41, 5.74) is 2.06. The van der Waals surface area contributed by atoms with Crippen LogP contribution in [0.25, 0.3) is 21.8 Å². The van der Waals surface area contributed by atoms with Gasteiger partial charge in [-0.3, -0.25) is 0 Å². The lowest BCUT2D eigenvalue weighted by Gasteiger charge is -2.32. The number of hydrogen-bond donors (Lipinski definition) is 3. The summed E-state index contributed by atoms with van der Waals surface area (Å²) in [6, 6.07) is 14.0. The monoisotopic (exact) mass is 463 g/mol. The van der Waals surface area contributed by atoms with Crippen molar-refractivity contribution < 1.29 is 23.0 Å². The van der Waals surface area contributed by atoms with Gasteiger partial charge in [-0.1, -0.05) is 24.3 Å². The van der Waals surface area contributed by atoms with E-state index >= 15 is 0 Å². The van der Waals surface area contributed by atoms with Crippen LogP contribution in [-0.4, -0.2) is 66.6 Å². The van der Waals surface area contributed by atoms with E-state index in [-0.39, 0.29) is 13.0 Å². The van der Waals surface area contributed by atoms with Crippen LogP contribution < -0.4 is 10.1 Å². The normalized spacial score (nSPS) is 17.1. The van der Waals surface area contributed by atoms with Crippen LogP contribution in [0.3, 0.4) is 0 Å². The maximum atomic E-state index is 12.3. The Labute approximate surface area is 191 Å². The summed E-state index contributed by atoms with van der Waals surface area (Å²) in [4.78, 5) is 5.51. The summed E-state index contributed by atoms with van der Waals surface area (Å²) in [6.45, 7) is 3.62. The van der Waals surface area contributed by atoms with E-state index < -0.39 is 18.7 Å². The second kappa shape index (κ2) is 10.8. The van der Waals surface area contributed by atoms with Gasteiger partial charge >= 0.3 is 6.18 Å². The van der Waals surface area contributed by atoms with Gasteiger partial charge in [0.05, 0.1) is 5.52 Å². The Morgan fingerprint density at radius 3 is 2.64 bits per heavy atom. The maximum Gasteiger partial charge on any atom is 0.389 e. The van der Waals surface area contributed by atoms with Crippen molar-refractivity contribution in [3.63, 3.8) is 0 Å². The minimum atomic E-state index is -4.06. The average Bonchev–Trinajstić information content (AvgIpc) is 3.17. The molecule has 0 amide bonds. The van der Waals surface area contributed by atoms with Gasteiger partial charge in [-0.05, 0) is 69.6 Å². The summed E-state index contributed by atoms with van der Waals surface area (Å²) < 4.78 is 42.8. The topological polar surface area (TPSA) is 60.5 Å². The molecule has 1 aromatic heterocycles. The Kier molecular flexibility index (Phi) is 7.78. The highest BCUT2D eigenvalue weighted by molar-refractivity contribution is 6.10. The number of para-hydroxylation sites is 1. The van der Waals surface area contributed by atoms with Gasteiger partial charge in [0, 0.05) is 29.3 Å². The summed E-state index contributed by atoms with van der Waals surface area (Å²) in [7, 11) is 0. The molecule has 3 N–H and O–H groups in total. The molecule has 4 rings (SSSR count). The van der Waals surface area contributed by atoms with Crippen molar-refractivity contribution in [3.8, 4) is 5.75 Å². The molecule has 5 nitrogen and oxygen atoms in total. The average molecular weight is 464 g/mol. The first-order valence-corrected chi connectivity index (χ1v) is 11.7. The number of hydrogen-bond acceptors (Lipinski definition) is 4. The second-order valence-electron chi connectivity index (χ2n) is 8.98. The van der Waals surface area contributed by atoms with Crippen LogP contribution in [0.2, 0.25) is 0 Å². The van der Waals surface area contributed by atoms with Crippen molar-refractivity contribution in [3.05, 3.63) is 42.5 Å². The zero-order valence-electron chi connectivity index (χ0n) is 18.7. The molecule has 33 heavy (non-hydrogen) atoms. The first-order valence-electron chi connectivity index (χ1n) is 11.7. The van der Waals surface area contributed by atoms with E-state index in [2.05, 4.69) is 21.3 Å². The van der Waals surface area contributed by atoms with Crippen LogP contribution in [0.15, 0.2) is 42.5 Å². The SMILES string of the molecule is O[C@@H](CNCC1CCN(CCCC(F)(F)F)CC1)COc1cccc2[nH]c3ccccc3c12. The molecule has 0 aliphatic carbocycles. The van der Waals surface area contributed by atoms with E-state index in [0.717, 1.165) is 60.0 Å². The van der Waals surface area contributed by atoms with Gasteiger partial charge in [0.25, 0.3) is 0 Å². The number of aliphatic hydroxyl groups excluding tert-OH is 1. The third-order valence-electron chi connectivity index (χ3n) is 6.38. The van der Waals surface area contributed by atoms with Gasteiger partial charge in [-0.15, -0.1) is 0 Å². The Bertz CT molecular complexity index is 1030. The molecular weight excluding hydrogens is 431 g/mol. The van der Waals surface area contributed by atoms with Crippen LogP contribution in [0.5, 0.6) is 5.75 Å². The highest BCUT2D eigenvalue weighted by Gasteiger charge is 2.27. The number of piperidine rings is 1. The molecule has 0 saturated carbocycles. The summed E-state index contributed by atoms with van der Waals surface area (Å²) >= 11 is 0. The number of nitrogens with zero attached hydrogens (tertiary/aromatic N) is 1. The van der Waals surface area contributed by atoms with E-state index in [9.17, 15) is 18.3 Å². The molecule has 1 saturated heterocycles. The van der Waals surface area contributed by atoms with Crippen molar-refractivity contribution in [2.24, 2.45) is 5.92 Å². The highest BCUT2D eigenvalue weighted by atomic mass is 19.4. The van der Waals surface area contributed by atoms with E-state index in [1.165, 1.54) is 0 Å². The molecule has 3 aromatic rings. The third kappa shape index (κ3) is 6.62. The number of aromatic amines is 1. The molecule has 1 atom stereocenters. The minimum absolute atomic E-state index is 0.172. The smallest absolute Gasteiger partial charge is 0.389 e. The molecule has 0 unspecified atom stereocenters. The molecule has 2 heterocycles. The molecule has 1 aliphatic heterocycles. The van der Waals surface area contributed by atoms with Crippen LogP contribution in [0.4, 0.5) is 13.2 Å². The van der Waals surface area contributed by atoms with Crippen LogP contribution in [0.1, 0.15) is 25.7 Å². The van der Waals surface area contributed by atoms with Crippen LogP contribution in [-0.2, 0) is 0 Å². The summed E-state index contributed by atoms with van der Waals surface area (Å²) in [5.74, 6) is 1.24. The van der Waals surface area contributed by atoms with Gasteiger partial charge in [0.2, 0.25) is 0 Å². The van der Waals surface area contributed by atoms with Crippen molar-refractivity contribution in [2.75, 3.05) is 39.3 Å². The van der Waals surface area contributed by atoms with Crippen molar-refractivity contribution in [1.29, 1.82) is 0 Å². The maximum absolute atomic E-state index is 12.3. The fraction of sp³-hybridized carbons (Fsp3) is 0.520. The first kappa shape index (κ1) is 23.9. The van der Waals surface area contributed by atoms with Gasteiger partial charge in [0.15, 0.2) is 0 Å². The molecule has 0 bridgehead atoms. The molecule has 0 radical (unpaired) electrons. The van der Waals surface area contributed by atoms with Gasteiger partial charge in [0.1, 0.15) is 18.5 Å². The third-order valence-corrected chi connectivity index (χ3v) is 6.38. The summed E-state index contributed by atoms with van der Waals surface area (Å²) in [6.07, 6.45) is -3.29. The van der Waals surface area contributed by atoms with E-state index in [4.69, 9.17) is 4.74 Å². The Hall–Kier alpha value is -2.29. The number of benzene rings is 2. The predicted molar refractivity (Wildman–Crippen MR) is 125 cm³/mol. The lowest BCUT2D eigenvalue weighted by atomic mass is 9.96. The van der Waals surface area contributed by atoms with Gasteiger partial charge < -0.3 is 25.0 Å². The van der Waals surface area contributed by atoms with Gasteiger partial charge in [-0.2, -0.15) is 13.2 Å². The minimum Gasteiger partial charge on any atom is -0.490 e. The van der Waals surface area contributed by atoms with Crippen molar-refractivity contribution >= 4 is 21.8 Å². The largest absolute Gasteiger partial charge is 0.490 e. The quantitative estimate of drug-likeness (QED) is 0.408. The first-order chi connectivity index (χ1) is 15.9. The number of aromatic nitrogens is 1. The van der Waals surface area contributed by atoms with E-state index in [1.807, 2.05) is 36.4 Å². The molecule has 1 fully saturated rings. The predicted octanol–water partition coefficient (Wildman–Crippen LogP) is 4.70. The number of nitrogens with one attached hydrogen (secondary N) is 2. The number of fused-ring (bicyclic) bond motifs is 3. The van der Waals surface area contributed by atoms with Crippen molar-refractivity contribution in [1.82, 2.24) is 15.2 Å². The van der Waals surface area contributed by atoms with Crippen LogP contribution >= 0.6 is 0 Å². The molecule has 1 aliphatic rings. The number of rotatable bonds is 10. The zero-order valence-corrected chi connectivity index (χ0v) is 18.7. The zero-order chi connectivity index (χ0) is 23.3. The number of aliphatic hydroxyl groups is 1. The Balaban J connectivity index is 1.17. The van der Waals surface area contributed by atoms with Crippen LogP contribution in [0, 0.1) is 5.92 Å². The van der Waals surface area contributed by atoms with E-state index in [1.54, 1.807) is 0 Å². The Morgan fingerprint density at radius 2 is 1.85 bits per heavy atom. The van der Waals surface area contributed by atoms with E-state index in [0.29, 0.717) is 19.0 Å². The number of ether oxygens (including phenoxy) is 1. The fourth-order valence-corrected chi connectivity index (χ4v) is 4.60. The number of alkyl halides is 3. The molecule has 8 heteroatoms. The summed E-state index contributed by atoms with van der Waals surface area (Å²) in [5, 5.41) is 15.8. The lowest BCUT2D eigenvalue weighted by molar-refractivity contribution is -0.136. The van der Waals surface area contributed by atoms with Gasteiger partial charge in [-0.25, -0.2) is 0 Å². The molecule has 180 valence electrons. The number of likely N-dealkylation sites (tertiary alicyclic amines) is 1. The molecular formula is C25H32F3N3O2. The number of halogens is 3. The molecule has 2 aromatic carbocycles. The highest BCUT2D eigenvalue weighted by Crippen LogP contribution is 2.33. The lowest BCUT2D eigenvalue weighted by Crippen LogP contribution is -2.40. The standard InChI is InChI=1S/C25H32F3N3O2/c26-25(27,28)11-4-12-31-13-9-18(10-14-31)15-29-16-19(32)17-33-23-8-3-7-22-24(23)20-5-1-2-6-21(20)30-22/h1-3,5-8,18-19,29-30,32H,4,9-17H2/t19-/m0/s1. The fourth-order valence-electron chi connectivity index (χ4n) is 4.60. The molecule has 0 spiro atoms. The number of H-pyrrole nitrogens is 1.